The van der Waals surface area contributed by atoms with Crippen molar-refractivity contribution in [1.29, 1.82) is 0 Å². The summed E-state index contributed by atoms with van der Waals surface area (Å²) >= 11 is 0. The molecule has 4 saturated heterocycles. The number of rotatable bonds is 2. The van der Waals surface area contributed by atoms with Crippen LogP contribution in [0.15, 0.2) is 0 Å². The molecule has 4 heterocycles. The predicted molar refractivity (Wildman–Crippen MR) is 59.9 cm³/mol. The van der Waals surface area contributed by atoms with Crippen LogP contribution in [0.3, 0.4) is 0 Å². The third-order valence-electron chi connectivity index (χ3n) is 4.77. The van der Waals surface area contributed by atoms with Gasteiger partial charge < -0.3 is 10.2 Å². The topological polar surface area (TPSA) is 45.5 Å². The molecule has 0 aromatic rings. The van der Waals surface area contributed by atoms with Gasteiger partial charge in [-0.05, 0) is 20.3 Å². The van der Waals surface area contributed by atoms with E-state index in [1.165, 1.54) is 6.42 Å². The molecule has 1 amide bonds. The van der Waals surface area contributed by atoms with E-state index in [0.29, 0.717) is 30.1 Å². The Kier molecular flexibility index (Phi) is 1.65. The lowest BCUT2D eigenvalue weighted by molar-refractivity contribution is -0.135. The van der Waals surface area contributed by atoms with E-state index in [-0.39, 0.29) is 6.04 Å². The number of nitrogens with zero attached hydrogens (tertiary/aromatic N) is 2. The van der Waals surface area contributed by atoms with Crippen molar-refractivity contribution in [2.24, 2.45) is 5.92 Å². The molecule has 5 rings (SSSR count). The molecule has 1 N–H and O–H groups in total. The van der Waals surface area contributed by atoms with Crippen LogP contribution in [0, 0.1) is 5.92 Å². The lowest BCUT2D eigenvalue weighted by atomic mass is 10.0. The molecular weight excluding hydrogens is 202 g/mol. The summed E-state index contributed by atoms with van der Waals surface area (Å²) in [5.41, 5.74) is 0. The molecule has 0 aromatic carbocycles. The van der Waals surface area contributed by atoms with Gasteiger partial charge in [0.25, 0.3) is 0 Å². The van der Waals surface area contributed by atoms with Crippen molar-refractivity contribution < 1.29 is 4.79 Å². The quantitative estimate of drug-likeness (QED) is 0.648. The first kappa shape index (κ1) is 9.42. The number of hydrogen-bond donors (Lipinski definition) is 1. The van der Waals surface area contributed by atoms with Gasteiger partial charge in [-0.15, -0.1) is 0 Å². The van der Waals surface area contributed by atoms with E-state index in [0.717, 1.165) is 19.0 Å². The predicted octanol–water partition coefficient (Wildman–Crippen LogP) is -0.350. The van der Waals surface area contributed by atoms with Crippen molar-refractivity contribution in [3.8, 4) is 0 Å². The number of amides is 1. The minimum atomic E-state index is 0.160. The van der Waals surface area contributed by atoms with Gasteiger partial charge in [-0.3, -0.25) is 9.69 Å². The van der Waals surface area contributed by atoms with Gasteiger partial charge in [0.1, 0.15) is 0 Å². The van der Waals surface area contributed by atoms with Gasteiger partial charge >= 0.3 is 0 Å². The highest BCUT2D eigenvalue weighted by atomic mass is 16.2. The van der Waals surface area contributed by atoms with Crippen LogP contribution in [0.5, 0.6) is 0 Å². The number of carbonyl (C=O) groups excluding carboxylic acids is 1. The first-order valence-corrected chi connectivity index (χ1v) is 6.50. The monoisotopic (exact) mass is 221 g/mol. The number of nitrogens with one attached hydrogen (secondary N) is 1. The highest BCUT2D eigenvalue weighted by molar-refractivity contribution is 5.86. The summed E-state index contributed by atoms with van der Waals surface area (Å²) in [6.45, 7) is 6.55. The van der Waals surface area contributed by atoms with E-state index in [2.05, 4.69) is 29.0 Å². The second-order valence-electron chi connectivity index (χ2n) is 6.03. The number of fused-ring (bicyclic) bond motifs is 1. The van der Waals surface area contributed by atoms with Gasteiger partial charge in [0.15, 0.2) is 0 Å². The maximum absolute atomic E-state index is 12.2. The molecule has 5 fully saturated rings. The van der Waals surface area contributed by atoms with Gasteiger partial charge in [-0.2, -0.15) is 0 Å². The van der Waals surface area contributed by atoms with Crippen LogP contribution in [-0.2, 0) is 4.79 Å². The minimum Gasteiger partial charge on any atom is -0.332 e. The number of piperidine rings is 2. The second-order valence-corrected chi connectivity index (χ2v) is 6.03. The molecule has 4 unspecified atom stereocenters. The zero-order valence-corrected chi connectivity index (χ0v) is 9.89. The van der Waals surface area contributed by atoms with Crippen molar-refractivity contribution in [2.45, 2.75) is 50.5 Å². The molecule has 4 heteroatoms. The maximum atomic E-state index is 12.2. The van der Waals surface area contributed by atoms with Crippen LogP contribution in [-0.4, -0.2) is 59.0 Å². The molecule has 5 aliphatic rings. The van der Waals surface area contributed by atoms with E-state index >= 15 is 0 Å². The summed E-state index contributed by atoms with van der Waals surface area (Å²) in [7, 11) is 0. The fraction of sp³-hybridized carbons (Fsp3) is 0.917. The summed E-state index contributed by atoms with van der Waals surface area (Å²) in [6, 6.07) is 2.56. The molecule has 4 nitrogen and oxygen atoms in total. The van der Waals surface area contributed by atoms with Gasteiger partial charge in [0, 0.05) is 37.1 Å². The van der Waals surface area contributed by atoms with E-state index in [4.69, 9.17) is 0 Å². The van der Waals surface area contributed by atoms with Crippen molar-refractivity contribution in [3.63, 3.8) is 0 Å². The molecule has 1 aliphatic carbocycles. The van der Waals surface area contributed by atoms with Crippen molar-refractivity contribution in [1.82, 2.24) is 15.1 Å². The molecule has 88 valence electrons. The van der Waals surface area contributed by atoms with Crippen LogP contribution in [0.1, 0.15) is 20.3 Å². The maximum Gasteiger partial charge on any atom is 0.241 e. The van der Waals surface area contributed by atoms with Crippen LogP contribution < -0.4 is 5.32 Å². The normalized spacial score (nSPS) is 48.7. The van der Waals surface area contributed by atoms with E-state index in [1.54, 1.807) is 0 Å². The second kappa shape index (κ2) is 2.79. The lowest BCUT2D eigenvalue weighted by Crippen LogP contribution is -2.57. The van der Waals surface area contributed by atoms with Gasteiger partial charge in [-0.1, -0.05) is 0 Å². The number of piperazine rings is 1. The molecule has 5 atom stereocenters. The Balaban J connectivity index is 1.56. The summed E-state index contributed by atoms with van der Waals surface area (Å²) < 4.78 is 0. The Morgan fingerprint density at radius 1 is 1.38 bits per heavy atom. The van der Waals surface area contributed by atoms with E-state index in [9.17, 15) is 4.79 Å². The minimum absolute atomic E-state index is 0.160. The fourth-order valence-electron chi connectivity index (χ4n) is 3.92. The Morgan fingerprint density at radius 2 is 2.12 bits per heavy atom. The molecule has 4 aliphatic heterocycles. The third-order valence-corrected chi connectivity index (χ3v) is 4.77. The zero-order valence-electron chi connectivity index (χ0n) is 9.89. The molecule has 16 heavy (non-hydrogen) atoms. The Morgan fingerprint density at radius 3 is 2.69 bits per heavy atom. The van der Waals surface area contributed by atoms with E-state index < -0.39 is 0 Å². The fourth-order valence-corrected chi connectivity index (χ4v) is 3.92. The Bertz CT molecular complexity index is 350. The van der Waals surface area contributed by atoms with Gasteiger partial charge in [-0.25, -0.2) is 0 Å². The summed E-state index contributed by atoms with van der Waals surface area (Å²) in [5, 5.41) is 3.14. The van der Waals surface area contributed by atoms with Gasteiger partial charge in [0.05, 0.1) is 12.1 Å². The standard InChI is InChI=1S/C12H19N3O/c1-6(2)14-5-7-3-8-10(14)11(8)15(7)12(16)9-4-13-9/h6-11,13H,3-5H2,1-2H3/t7?,8?,9-,10?,11?/m1/s1. The first-order chi connectivity index (χ1) is 7.68. The highest BCUT2D eigenvalue weighted by Crippen LogP contribution is 2.55. The third kappa shape index (κ3) is 1.04. The summed E-state index contributed by atoms with van der Waals surface area (Å²) in [6.07, 6.45) is 1.26. The number of hydrogen-bond acceptors (Lipinski definition) is 3. The van der Waals surface area contributed by atoms with Crippen LogP contribution >= 0.6 is 0 Å². The summed E-state index contributed by atoms with van der Waals surface area (Å²) in [4.78, 5) is 17.0. The summed E-state index contributed by atoms with van der Waals surface area (Å²) in [5.74, 6) is 1.17. The van der Waals surface area contributed by atoms with E-state index in [1.807, 2.05) is 0 Å². The van der Waals surface area contributed by atoms with Crippen molar-refractivity contribution in [3.05, 3.63) is 0 Å². The molecular formula is C12H19N3O. The zero-order chi connectivity index (χ0) is 11.0. The number of carbonyl (C=O) groups is 1. The average molecular weight is 221 g/mol. The molecule has 4 bridgehead atoms. The SMILES string of the molecule is CC(C)N1CC2CC3C1C3N2C(=O)[C@H]1CN1. The van der Waals surface area contributed by atoms with Crippen LogP contribution in [0.25, 0.3) is 0 Å². The van der Waals surface area contributed by atoms with Crippen molar-refractivity contribution >= 4 is 5.91 Å². The largest absolute Gasteiger partial charge is 0.332 e. The smallest absolute Gasteiger partial charge is 0.241 e. The molecule has 0 radical (unpaired) electrons. The van der Waals surface area contributed by atoms with Crippen molar-refractivity contribution in [2.75, 3.05) is 13.1 Å². The lowest BCUT2D eigenvalue weighted by Gasteiger charge is -2.43. The molecule has 0 spiro atoms. The first-order valence-electron chi connectivity index (χ1n) is 6.50. The Hall–Kier alpha value is -0.610. The van der Waals surface area contributed by atoms with Gasteiger partial charge in [0.2, 0.25) is 5.91 Å². The Labute approximate surface area is 96.0 Å². The molecule has 0 aromatic heterocycles. The average Bonchev–Trinajstić information content (AvgIpc) is 3.15. The van der Waals surface area contributed by atoms with Crippen LogP contribution in [0.4, 0.5) is 0 Å². The van der Waals surface area contributed by atoms with Crippen LogP contribution in [0.2, 0.25) is 0 Å². The molecule has 1 saturated carbocycles. The highest BCUT2D eigenvalue weighted by Gasteiger charge is 2.69.